The fraction of sp³-hybridized carbons (Fsp3) is 0.235. The van der Waals surface area contributed by atoms with Gasteiger partial charge in [-0.1, -0.05) is 6.07 Å². The lowest BCUT2D eigenvalue weighted by Crippen LogP contribution is -2.13. The summed E-state index contributed by atoms with van der Waals surface area (Å²) in [5.74, 6) is -0.395. The van der Waals surface area contributed by atoms with E-state index in [0.717, 1.165) is 0 Å². The van der Waals surface area contributed by atoms with Crippen molar-refractivity contribution in [1.82, 2.24) is 4.98 Å². The van der Waals surface area contributed by atoms with Crippen molar-refractivity contribution in [2.24, 2.45) is 0 Å². The molecular weight excluding hydrogens is 312 g/mol. The highest BCUT2D eigenvalue weighted by Crippen LogP contribution is 2.24. The predicted molar refractivity (Wildman–Crippen MR) is 87.3 cm³/mol. The topological polar surface area (TPSA) is 86.8 Å². The van der Waals surface area contributed by atoms with Crippen LogP contribution in [0.2, 0.25) is 0 Å². The number of pyridine rings is 1. The molecule has 0 fully saturated rings. The summed E-state index contributed by atoms with van der Waals surface area (Å²) in [6.07, 6.45) is 1.65. The number of esters is 2. The van der Waals surface area contributed by atoms with Crippen molar-refractivity contribution >= 4 is 17.6 Å². The Kier molecular flexibility index (Phi) is 6.13. The molecule has 1 aromatic carbocycles. The van der Waals surface area contributed by atoms with Crippen LogP contribution in [0.5, 0.6) is 11.6 Å². The average Bonchev–Trinajstić information content (AvgIpc) is 2.59. The Hall–Kier alpha value is -3.09. The van der Waals surface area contributed by atoms with Crippen molar-refractivity contribution < 1.29 is 23.8 Å². The number of hydrogen-bond donors (Lipinski definition) is 1. The third-order valence-electron chi connectivity index (χ3n) is 2.96. The van der Waals surface area contributed by atoms with Crippen LogP contribution in [0.15, 0.2) is 42.6 Å². The predicted octanol–water partition coefficient (Wildman–Crippen LogP) is 2.28. The molecule has 0 spiro atoms. The number of nitrogens with zero attached hydrogens (tertiary/aromatic N) is 1. The van der Waals surface area contributed by atoms with Gasteiger partial charge in [-0.25, -0.2) is 9.78 Å². The monoisotopic (exact) mass is 330 g/mol. The zero-order valence-corrected chi connectivity index (χ0v) is 13.4. The standard InChI is InChI=1S/C17H18N2O5/c1-12(20)24-15-7-6-13(11-14(15)17(21)22-2)18-9-10-23-16-5-3-4-8-19-16/h3-8,11,18H,9-10H2,1-2H3. The second-order valence-electron chi connectivity index (χ2n) is 4.74. The summed E-state index contributed by atoms with van der Waals surface area (Å²) in [7, 11) is 1.26. The van der Waals surface area contributed by atoms with E-state index < -0.39 is 11.9 Å². The number of nitrogens with one attached hydrogen (secondary N) is 1. The van der Waals surface area contributed by atoms with Gasteiger partial charge in [-0.05, 0) is 24.3 Å². The van der Waals surface area contributed by atoms with Gasteiger partial charge in [0.15, 0.2) is 0 Å². The zero-order valence-electron chi connectivity index (χ0n) is 13.4. The Morgan fingerprint density at radius 2 is 2.04 bits per heavy atom. The van der Waals surface area contributed by atoms with E-state index in [1.54, 1.807) is 24.4 Å². The van der Waals surface area contributed by atoms with E-state index in [-0.39, 0.29) is 11.3 Å². The van der Waals surface area contributed by atoms with Gasteiger partial charge in [0.1, 0.15) is 17.9 Å². The van der Waals surface area contributed by atoms with Crippen molar-refractivity contribution in [2.75, 3.05) is 25.6 Å². The van der Waals surface area contributed by atoms with Crippen molar-refractivity contribution in [3.05, 3.63) is 48.2 Å². The molecule has 0 atom stereocenters. The highest BCUT2D eigenvalue weighted by Gasteiger charge is 2.15. The Morgan fingerprint density at radius 3 is 2.71 bits per heavy atom. The van der Waals surface area contributed by atoms with Crippen LogP contribution in [0.3, 0.4) is 0 Å². The fourth-order valence-corrected chi connectivity index (χ4v) is 1.94. The summed E-state index contributed by atoms with van der Waals surface area (Å²) < 4.78 is 15.2. The van der Waals surface area contributed by atoms with Gasteiger partial charge in [-0.15, -0.1) is 0 Å². The Labute approximate surface area is 139 Å². The molecule has 7 heteroatoms. The first-order valence-corrected chi connectivity index (χ1v) is 7.28. The van der Waals surface area contributed by atoms with Gasteiger partial charge in [0.05, 0.1) is 7.11 Å². The number of carbonyl (C=O) groups is 2. The lowest BCUT2D eigenvalue weighted by Gasteiger charge is -2.11. The second kappa shape index (κ2) is 8.52. The zero-order chi connectivity index (χ0) is 17.4. The normalized spacial score (nSPS) is 9.92. The van der Waals surface area contributed by atoms with Crippen molar-refractivity contribution in [2.45, 2.75) is 6.92 Å². The molecule has 24 heavy (non-hydrogen) atoms. The van der Waals surface area contributed by atoms with Gasteiger partial charge >= 0.3 is 11.9 Å². The summed E-state index contributed by atoms with van der Waals surface area (Å²) in [5.41, 5.74) is 0.847. The van der Waals surface area contributed by atoms with Crippen LogP contribution in [0.4, 0.5) is 5.69 Å². The lowest BCUT2D eigenvalue weighted by atomic mass is 10.1. The van der Waals surface area contributed by atoms with Gasteiger partial charge in [0.25, 0.3) is 0 Å². The van der Waals surface area contributed by atoms with E-state index in [4.69, 9.17) is 14.2 Å². The Bertz CT molecular complexity index is 703. The number of aromatic nitrogens is 1. The van der Waals surface area contributed by atoms with Gasteiger partial charge in [0.2, 0.25) is 5.88 Å². The summed E-state index contributed by atoms with van der Waals surface area (Å²) in [5, 5.41) is 3.11. The molecule has 2 rings (SSSR count). The summed E-state index contributed by atoms with van der Waals surface area (Å²) in [6.45, 7) is 2.17. The largest absolute Gasteiger partial charge is 0.476 e. The van der Waals surface area contributed by atoms with Crippen molar-refractivity contribution in [3.8, 4) is 11.6 Å². The number of methoxy groups -OCH3 is 1. The molecule has 0 amide bonds. The molecule has 0 aliphatic rings. The average molecular weight is 330 g/mol. The number of benzene rings is 1. The third-order valence-corrected chi connectivity index (χ3v) is 2.96. The van der Waals surface area contributed by atoms with Crippen LogP contribution >= 0.6 is 0 Å². The second-order valence-corrected chi connectivity index (χ2v) is 4.74. The van der Waals surface area contributed by atoms with Gasteiger partial charge in [-0.3, -0.25) is 4.79 Å². The van der Waals surface area contributed by atoms with Crippen molar-refractivity contribution in [3.63, 3.8) is 0 Å². The molecule has 0 aliphatic heterocycles. The number of carbonyl (C=O) groups excluding carboxylic acids is 2. The molecule has 0 bridgehead atoms. The van der Waals surface area contributed by atoms with Crippen LogP contribution in [0, 0.1) is 0 Å². The molecule has 1 N–H and O–H groups in total. The maximum atomic E-state index is 11.8. The van der Waals surface area contributed by atoms with Crippen LogP contribution < -0.4 is 14.8 Å². The quantitative estimate of drug-likeness (QED) is 0.473. The molecule has 126 valence electrons. The molecular formula is C17H18N2O5. The fourth-order valence-electron chi connectivity index (χ4n) is 1.94. The third kappa shape index (κ3) is 4.98. The smallest absolute Gasteiger partial charge is 0.341 e. The lowest BCUT2D eigenvalue weighted by molar-refractivity contribution is -0.131. The van der Waals surface area contributed by atoms with E-state index in [1.807, 2.05) is 12.1 Å². The van der Waals surface area contributed by atoms with E-state index >= 15 is 0 Å². The SMILES string of the molecule is COC(=O)c1cc(NCCOc2ccccn2)ccc1OC(C)=O. The van der Waals surface area contributed by atoms with Crippen LogP contribution in [0.25, 0.3) is 0 Å². The Morgan fingerprint density at radius 1 is 1.21 bits per heavy atom. The molecule has 0 unspecified atom stereocenters. The molecule has 0 saturated heterocycles. The summed E-state index contributed by atoms with van der Waals surface area (Å²) >= 11 is 0. The van der Waals surface area contributed by atoms with Gasteiger partial charge in [-0.2, -0.15) is 0 Å². The molecule has 0 radical (unpaired) electrons. The van der Waals surface area contributed by atoms with Crippen LogP contribution in [-0.2, 0) is 9.53 Å². The first-order chi connectivity index (χ1) is 11.6. The highest BCUT2D eigenvalue weighted by molar-refractivity contribution is 5.94. The molecule has 1 heterocycles. The molecule has 1 aromatic heterocycles. The number of rotatable bonds is 7. The van der Waals surface area contributed by atoms with Crippen molar-refractivity contribution in [1.29, 1.82) is 0 Å². The summed E-state index contributed by atoms with van der Waals surface area (Å²) in [6, 6.07) is 10.2. The van der Waals surface area contributed by atoms with Gasteiger partial charge < -0.3 is 19.5 Å². The first-order valence-electron chi connectivity index (χ1n) is 7.28. The maximum absolute atomic E-state index is 11.8. The first kappa shape index (κ1) is 17.3. The molecule has 0 saturated carbocycles. The van der Waals surface area contributed by atoms with E-state index in [0.29, 0.717) is 24.7 Å². The minimum Gasteiger partial charge on any atom is -0.476 e. The maximum Gasteiger partial charge on any atom is 0.341 e. The van der Waals surface area contributed by atoms with E-state index in [2.05, 4.69) is 10.3 Å². The number of anilines is 1. The van der Waals surface area contributed by atoms with E-state index in [1.165, 1.54) is 20.1 Å². The molecule has 0 aliphatic carbocycles. The minimum absolute atomic E-state index is 0.157. The number of hydrogen-bond acceptors (Lipinski definition) is 7. The van der Waals surface area contributed by atoms with Gasteiger partial charge in [0, 0.05) is 31.4 Å². The molecule has 2 aromatic rings. The molecule has 7 nitrogen and oxygen atoms in total. The minimum atomic E-state index is -0.584. The van der Waals surface area contributed by atoms with E-state index in [9.17, 15) is 9.59 Å². The number of ether oxygens (including phenoxy) is 3. The summed E-state index contributed by atoms with van der Waals surface area (Å²) in [4.78, 5) is 27.0. The van der Waals surface area contributed by atoms with Crippen LogP contribution in [0.1, 0.15) is 17.3 Å². The van der Waals surface area contributed by atoms with Crippen LogP contribution in [-0.4, -0.2) is 37.2 Å². The highest BCUT2D eigenvalue weighted by atomic mass is 16.5. The Balaban J connectivity index is 1.97.